The van der Waals surface area contributed by atoms with Gasteiger partial charge in [0.05, 0.1) is 37.8 Å². The van der Waals surface area contributed by atoms with Gasteiger partial charge in [-0.05, 0) is 48.0 Å². The van der Waals surface area contributed by atoms with Gasteiger partial charge in [-0.25, -0.2) is 8.42 Å². The van der Waals surface area contributed by atoms with Crippen molar-refractivity contribution in [1.29, 1.82) is 0 Å². The highest BCUT2D eigenvalue weighted by atomic mass is 35.5. The smallest absolute Gasteiger partial charge is 0.258 e. The molecule has 8 nitrogen and oxygen atoms in total. The van der Waals surface area contributed by atoms with Crippen molar-refractivity contribution in [3.8, 4) is 22.6 Å². The van der Waals surface area contributed by atoms with Gasteiger partial charge in [0.25, 0.3) is 5.56 Å². The molecule has 2 N–H and O–H groups in total. The molecule has 190 valence electrons. The Bertz CT molecular complexity index is 1700. The van der Waals surface area contributed by atoms with Crippen molar-refractivity contribution in [2.24, 2.45) is 0 Å². The van der Waals surface area contributed by atoms with Crippen LogP contribution in [0.1, 0.15) is 17.2 Å². The Labute approximate surface area is 219 Å². The number of nitrogens with one attached hydrogen (secondary N) is 2. The average Bonchev–Trinajstić information content (AvgIpc) is 3.34. The maximum atomic E-state index is 13.5. The maximum Gasteiger partial charge on any atom is 0.258 e. The molecule has 5 rings (SSSR count). The molecule has 0 spiro atoms. The number of fused-ring (bicyclic) bond motifs is 1. The van der Waals surface area contributed by atoms with Crippen LogP contribution in [-0.2, 0) is 10.0 Å². The summed E-state index contributed by atoms with van der Waals surface area (Å²) in [5, 5.41) is 1.23. The highest BCUT2D eigenvalue weighted by Gasteiger charge is 2.37. The summed E-state index contributed by atoms with van der Waals surface area (Å²) in [6.45, 7) is 0. The number of sulfonamides is 1. The third-order valence-electron chi connectivity index (χ3n) is 6.23. The summed E-state index contributed by atoms with van der Waals surface area (Å²) >= 11 is 6.34. The number of aromatic amines is 1. The number of pyridine rings is 1. The Hall–Kier alpha value is -3.79. The van der Waals surface area contributed by atoms with Crippen molar-refractivity contribution in [3.05, 3.63) is 99.3 Å². The van der Waals surface area contributed by atoms with Crippen molar-refractivity contribution in [1.82, 2.24) is 14.8 Å². The Kier molecular flexibility index (Phi) is 6.45. The van der Waals surface area contributed by atoms with E-state index >= 15 is 0 Å². The second-order valence-electron chi connectivity index (χ2n) is 8.56. The molecule has 1 aliphatic heterocycles. The van der Waals surface area contributed by atoms with Gasteiger partial charge >= 0.3 is 0 Å². The predicted octanol–water partition coefficient (Wildman–Crippen LogP) is 4.73. The molecule has 0 unspecified atom stereocenters. The van der Waals surface area contributed by atoms with Crippen LogP contribution in [0.2, 0.25) is 5.02 Å². The zero-order chi connectivity index (χ0) is 26.3. The van der Waals surface area contributed by atoms with Gasteiger partial charge in [0.2, 0.25) is 10.0 Å². The second kappa shape index (κ2) is 9.59. The number of hydrogen-bond donors (Lipinski definition) is 2. The zero-order valence-corrected chi connectivity index (χ0v) is 21.9. The molecule has 1 aliphatic rings. The minimum Gasteiger partial charge on any atom is -0.497 e. The minimum atomic E-state index is -3.78. The van der Waals surface area contributed by atoms with Crippen LogP contribution in [-0.4, -0.2) is 38.3 Å². The fraction of sp³-hybridized carbons (Fsp3) is 0.148. The van der Waals surface area contributed by atoms with E-state index in [9.17, 15) is 13.2 Å². The quantitative estimate of drug-likeness (QED) is 0.369. The highest BCUT2D eigenvalue weighted by molar-refractivity contribution is 7.88. The number of aromatic nitrogens is 1. The Morgan fingerprint density at radius 3 is 2.38 bits per heavy atom. The number of hydrazine groups is 1. The fourth-order valence-electron chi connectivity index (χ4n) is 4.59. The summed E-state index contributed by atoms with van der Waals surface area (Å²) in [6.07, 6.45) is 2.80. The van der Waals surface area contributed by atoms with E-state index in [1.807, 2.05) is 30.3 Å². The van der Waals surface area contributed by atoms with Crippen molar-refractivity contribution >= 4 is 38.2 Å². The molecule has 1 aromatic heterocycles. The molecular weight excluding hydrogens is 514 g/mol. The number of rotatable bonds is 6. The van der Waals surface area contributed by atoms with Crippen LogP contribution in [0.5, 0.6) is 11.5 Å². The van der Waals surface area contributed by atoms with Gasteiger partial charge in [-0.15, -0.1) is 4.41 Å². The van der Waals surface area contributed by atoms with Crippen molar-refractivity contribution < 1.29 is 17.9 Å². The lowest BCUT2D eigenvalue weighted by Gasteiger charge is -2.24. The van der Waals surface area contributed by atoms with Gasteiger partial charge in [0, 0.05) is 27.1 Å². The molecule has 2 heterocycles. The van der Waals surface area contributed by atoms with Gasteiger partial charge in [-0.1, -0.05) is 41.9 Å². The number of hydrogen-bond acceptors (Lipinski definition) is 6. The minimum absolute atomic E-state index is 0.291. The van der Waals surface area contributed by atoms with E-state index in [0.717, 1.165) is 21.6 Å². The van der Waals surface area contributed by atoms with Crippen LogP contribution < -0.4 is 20.5 Å². The number of methoxy groups -OCH3 is 2. The lowest BCUT2D eigenvalue weighted by molar-refractivity contribution is 0.335. The fourth-order valence-corrected chi connectivity index (χ4v) is 5.62. The van der Waals surface area contributed by atoms with Gasteiger partial charge in [-0.3, -0.25) is 4.79 Å². The average molecular weight is 538 g/mol. The number of halogens is 1. The molecule has 0 amide bonds. The summed E-state index contributed by atoms with van der Waals surface area (Å²) in [5.74, 6) is 1.01. The topological polar surface area (TPSA) is 101 Å². The SMILES string of the molecule is COc1ccc(OC)c([C@@H]2C=C(c3c(-c4ccccc4)c4cc(Cl)ccc4[nH]c3=O)NN2S(C)(=O)=O)c1. The molecule has 0 bridgehead atoms. The van der Waals surface area contributed by atoms with Gasteiger partial charge in [0.15, 0.2) is 0 Å². The molecule has 0 fully saturated rings. The molecule has 10 heteroatoms. The van der Waals surface area contributed by atoms with Crippen LogP contribution in [0.4, 0.5) is 0 Å². The Morgan fingerprint density at radius 1 is 0.946 bits per heavy atom. The second-order valence-corrected chi connectivity index (χ2v) is 10.9. The van der Waals surface area contributed by atoms with Crippen molar-refractivity contribution in [3.63, 3.8) is 0 Å². The first-order valence-corrected chi connectivity index (χ1v) is 13.5. The van der Waals surface area contributed by atoms with Crippen LogP contribution >= 0.6 is 11.6 Å². The summed E-state index contributed by atoms with van der Waals surface area (Å²) in [4.78, 5) is 16.5. The monoisotopic (exact) mass is 537 g/mol. The van der Waals surface area contributed by atoms with E-state index in [4.69, 9.17) is 21.1 Å². The Balaban J connectivity index is 1.80. The Morgan fingerprint density at radius 2 is 1.70 bits per heavy atom. The van der Waals surface area contributed by atoms with Crippen LogP contribution in [0.15, 0.2) is 77.6 Å². The zero-order valence-electron chi connectivity index (χ0n) is 20.3. The summed E-state index contributed by atoms with van der Waals surface area (Å²) in [6, 6.07) is 19.0. The summed E-state index contributed by atoms with van der Waals surface area (Å²) in [5.41, 5.74) is 5.80. The first-order chi connectivity index (χ1) is 17.7. The van der Waals surface area contributed by atoms with Crippen LogP contribution in [0, 0.1) is 0 Å². The van der Waals surface area contributed by atoms with E-state index in [2.05, 4.69) is 10.4 Å². The van der Waals surface area contributed by atoms with E-state index in [1.165, 1.54) is 14.2 Å². The molecule has 0 saturated heterocycles. The van der Waals surface area contributed by atoms with E-state index in [0.29, 0.717) is 44.4 Å². The molecular formula is C27H24ClN3O5S. The normalized spacial score (nSPS) is 15.9. The standard InChI is InChI=1S/C27H24ClN3O5S/c1-35-18-10-12-24(36-2)20(14-18)23-15-22(30-31(23)37(3,33)34)26-25(16-7-5-4-6-8-16)19-13-17(28)9-11-21(19)29-27(26)32/h4-15,23,30H,1-3H3,(H,29,32)/t23-/m0/s1. The number of ether oxygens (including phenoxy) is 2. The van der Waals surface area contributed by atoms with E-state index in [-0.39, 0.29) is 5.56 Å². The summed E-state index contributed by atoms with van der Waals surface area (Å²) in [7, 11) is -0.748. The van der Waals surface area contributed by atoms with Gasteiger partial charge in [-0.2, -0.15) is 0 Å². The number of H-pyrrole nitrogens is 1. The van der Waals surface area contributed by atoms with Crippen molar-refractivity contribution in [2.75, 3.05) is 20.5 Å². The molecule has 37 heavy (non-hydrogen) atoms. The molecule has 4 aromatic rings. The van der Waals surface area contributed by atoms with E-state index in [1.54, 1.807) is 42.5 Å². The van der Waals surface area contributed by atoms with Crippen molar-refractivity contribution in [2.45, 2.75) is 6.04 Å². The van der Waals surface area contributed by atoms with Crippen LogP contribution in [0.3, 0.4) is 0 Å². The lowest BCUT2D eigenvalue weighted by atomic mass is 9.94. The highest BCUT2D eigenvalue weighted by Crippen LogP contribution is 2.41. The van der Waals surface area contributed by atoms with Crippen LogP contribution in [0.25, 0.3) is 27.7 Å². The van der Waals surface area contributed by atoms with Gasteiger partial charge < -0.3 is 19.9 Å². The molecule has 0 saturated carbocycles. The third kappa shape index (κ3) is 4.57. The predicted molar refractivity (Wildman–Crippen MR) is 145 cm³/mol. The first-order valence-electron chi connectivity index (χ1n) is 11.3. The van der Waals surface area contributed by atoms with Gasteiger partial charge in [0.1, 0.15) is 11.5 Å². The van der Waals surface area contributed by atoms with E-state index < -0.39 is 16.1 Å². The molecule has 0 aliphatic carbocycles. The third-order valence-corrected chi connectivity index (χ3v) is 7.50. The summed E-state index contributed by atoms with van der Waals surface area (Å²) < 4.78 is 37.8. The number of nitrogens with zero attached hydrogens (tertiary/aromatic N) is 1. The number of benzene rings is 3. The molecule has 3 aromatic carbocycles. The largest absolute Gasteiger partial charge is 0.497 e. The lowest BCUT2D eigenvalue weighted by Crippen LogP contribution is -2.39. The molecule has 1 atom stereocenters. The maximum absolute atomic E-state index is 13.5. The first kappa shape index (κ1) is 24.9. The molecule has 0 radical (unpaired) electrons.